The molecule has 0 unspecified atom stereocenters. The summed E-state index contributed by atoms with van der Waals surface area (Å²) in [6, 6.07) is 10.4. The van der Waals surface area contributed by atoms with Crippen molar-refractivity contribution in [1.29, 1.82) is 0 Å². The predicted octanol–water partition coefficient (Wildman–Crippen LogP) is 2.16. The molecule has 1 aromatic carbocycles. The second kappa shape index (κ2) is 2.21. The number of rotatable bonds is 0. The zero-order valence-electron chi connectivity index (χ0n) is 7.22. The summed E-state index contributed by atoms with van der Waals surface area (Å²) in [7, 11) is -0.961. The standard InChI is InChI=1S/C10H14Si/c1-11(2)8-7-9-5-3-4-6-10(9)11/h3-6H,7-8H2,1-2H3. The summed E-state index contributed by atoms with van der Waals surface area (Å²) in [6.45, 7) is 4.94. The van der Waals surface area contributed by atoms with Crippen LogP contribution in [0.5, 0.6) is 0 Å². The SMILES string of the molecule is C[Si]1(C)CCc2ccccc21. The fourth-order valence-corrected chi connectivity index (χ4v) is 4.77. The Hall–Kier alpha value is -0.563. The lowest BCUT2D eigenvalue weighted by molar-refractivity contribution is 1.16. The summed E-state index contributed by atoms with van der Waals surface area (Å²) in [5.74, 6) is 0. The Bertz CT molecular complexity index is 276. The van der Waals surface area contributed by atoms with Gasteiger partial charge in [-0.05, 0) is 18.0 Å². The maximum Gasteiger partial charge on any atom is 0.0813 e. The van der Waals surface area contributed by atoms with E-state index in [0.29, 0.717) is 0 Å². The van der Waals surface area contributed by atoms with Gasteiger partial charge in [0.15, 0.2) is 0 Å². The molecule has 0 aliphatic carbocycles. The lowest BCUT2D eigenvalue weighted by atomic mass is 10.2. The molecule has 58 valence electrons. The summed E-state index contributed by atoms with van der Waals surface area (Å²) >= 11 is 0. The summed E-state index contributed by atoms with van der Waals surface area (Å²) in [5.41, 5.74) is 1.61. The molecular formula is C10H14Si. The Balaban J connectivity index is 2.56. The topological polar surface area (TPSA) is 0 Å². The van der Waals surface area contributed by atoms with E-state index in [4.69, 9.17) is 0 Å². The molecule has 1 aliphatic rings. The van der Waals surface area contributed by atoms with E-state index in [2.05, 4.69) is 37.4 Å². The van der Waals surface area contributed by atoms with Crippen molar-refractivity contribution in [1.82, 2.24) is 0 Å². The van der Waals surface area contributed by atoms with Gasteiger partial charge in [-0.25, -0.2) is 0 Å². The highest BCUT2D eigenvalue weighted by Crippen LogP contribution is 2.22. The Kier molecular flexibility index (Phi) is 1.43. The summed E-state index contributed by atoms with van der Waals surface area (Å²) in [6.07, 6.45) is 1.33. The highest BCUT2D eigenvalue weighted by atomic mass is 28.3. The van der Waals surface area contributed by atoms with Gasteiger partial charge in [-0.1, -0.05) is 42.5 Å². The van der Waals surface area contributed by atoms with Crippen molar-refractivity contribution in [3.63, 3.8) is 0 Å². The van der Waals surface area contributed by atoms with Crippen molar-refractivity contribution in [3.05, 3.63) is 29.8 Å². The molecule has 0 N–H and O–H groups in total. The van der Waals surface area contributed by atoms with Gasteiger partial charge in [0.1, 0.15) is 0 Å². The first-order valence-corrected chi connectivity index (χ1v) is 7.49. The maximum atomic E-state index is 2.47. The van der Waals surface area contributed by atoms with Crippen molar-refractivity contribution >= 4 is 13.3 Å². The van der Waals surface area contributed by atoms with Crippen LogP contribution >= 0.6 is 0 Å². The van der Waals surface area contributed by atoms with Gasteiger partial charge >= 0.3 is 0 Å². The molecule has 1 heteroatoms. The summed E-state index contributed by atoms with van der Waals surface area (Å²) < 4.78 is 0. The van der Waals surface area contributed by atoms with E-state index in [0.717, 1.165) is 0 Å². The van der Waals surface area contributed by atoms with Gasteiger partial charge in [-0.2, -0.15) is 0 Å². The first-order chi connectivity index (χ1) is 5.20. The second-order valence-corrected chi connectivity index (χ2v) is 8.85. The molecule has 1 heterocycles. The van der Waals surface area contributed by atoms with Crippen molar-refractivity contribution in [2.45, 2.75) is 25.6 Å². The Morgan fingerprint density at radius 3 is 2.64 bits per heavy atom. The molecule has 0 bridgehead atoms. The van der Waals surface area contributed by atoms with Gasteiger partial charge in [0.05, 0.1) is 8.07 Å². The van der Waals surface area contributed by atoms with Crippen LogP contribution in [0.4, 0.5) is 0 Å². The van der Waals surface area contributed by atoms with Gasteiger partial charge in [0.2, 0.25) is 0 Å². The van der Waals surface area contributed by atoms with Crippen molar-refractivity contribution < 1.29 is 0 Å². The molecule has 0 amide bonds. The minimum Gasteiger partial charge on any atom is -0.0654 e. The highest BCUT2D eigenvalue weighted by molar-refractivity contribution is 6.91. The van der Waals surface area contributed by atoms with Crippen LogP contribution < -0.4 is 5.19 Å². The van der Waals surface area contributed by atoms with Gasteiger partial charge in [0, 0.05) is 0 Å². The average Bonchev–Trinajstić information content (AvgIpc) is 2.29. The van der Waals surface area contributed by atoms with Gasteiger partial charge < -0.3 is 0 Å². The fraction of sp³-hybridized carbons (Fsp3) is 0.400. The van der Waals surface area contributed by atoms with Crippen LogP contribution in [0.25, 0.3) is 0 Å². The summed E-state index contributed by atoms with van der Waals surface area (Å²) in [5, 5.41) is 1.69. The Morgan fingerprint density at radius 1 is 1.18 bits per heavy atom. The molecule has 0 nitrogen and oxygen atoms in total. The van der Waals surface area contributed by atoms with Crippen LogP contribution in [-0.2, 0) is 6.42 Å². The van der Waals surface area contributed by atoms with Gasteiger partial charge in [0.25, 0.3) is 0 Å². The van der Waals surface area contributed by atoms with E-state index in [9.17, 15) is 0 Å². The number of hydrogen-bond donors (Lipinski definition) is 0. The molecule has 1 aromatic rings. The van der Waals surface area contributed by atoms with Gasteiger partial charge in [-0.15, -0.1) is 0 Å². The molecule has 0 spiro atoms. The van der Waals surface area contributed by atoms with Crippen molar-refractivity contribution in [3.8, 4) is 0 Å². The lowest BCUT2D eigenvalue weighted by Crippen LogP contribution is -2.37. The van der Waals surface area contributed by atoms with Crippen LogP contribution in [0.1, 0.15) is 5.56 Å². The van der Waals surface area contributed by atoms with Crippen LogP contribution in [0.3, 0.4) is 0 Å². The third-order valence-electron chi connectivity index (χ3n) is 2.77. The third-order valence-corrected chi connectivity index (χ3v) is 6.21. The van der Waals surface area contributed by atoms with E-state index in [1.807, 2.05) is 0 Å². The first kappa shape index (κ1) is 7.11. The fourth-order valence-electron chi connectivity index (χ4n) is 1.98. The molecule has 11 heavy (non-hydrogen) atoms. The maximum absolute atomic E-state index is 2.47. The smallest absolute Gasteiger partial charge is 0.0654 e. The minimum atomic E-state index is -0.961. The third kappa shape index (κ3) is 1.04. The van der Waals surface area contributed by atoms with Crippen LogP contribution in [0, 0.1) is 0 Å². The first-order valence-electron chi connectivity index (χ1n) is 4.28. The molecule has 0 atom stereocenters. The Labute approximate surface area is 69.3 Å². The predicted molar refractivity (Wildman–Crippen MR) is 52.1 cm³/mol. The number of hydrogen-bond acceptors (Lipinski definition) is 0. The van der Waals surface area contributed by atoms with Crippen LogP contribution in [0.15, 0.2) is 24.3 Å². The number of fused-ring (bicyclic) bond motifs is 1. The second-order valence-electron chi connectivity index (χ2n) is 4.04. The molecule has 0 saturated heterocycles. The minimum absolute atomic E-state index is 0.961. The molecule has 2 rings (SSSR count). The molecule has 0 radical (unpaired) electrons. The van der Waals surface area contributed by atoms with Gasteiger partial charge in [-0.3, -0.25) is 0 Å². The zero-order chi connectivity index (χ0) is 7.90. The number of aryl methyl sites for hydroxylation is 1. The van der Waals surface area contributed by atoms with E-state index in [1.165, 1.54) is 12.5 Å². The van der Waals surface area contributed by atoms with Crippen LogP contribution in [-0.4, -0.2) is 8.07 Å². The number of benzene rings is 1. The molecule has 1 aliphatic heterocycles. The normalized spacial score (nSPS) is 19.8. The van der Waals surface area contributed by atoms with E-state index in [1.54, 1.807) is 10.8 Å². The largest absolute Gasteiger partial charge is 0.0813 e. The van der Waals surface area contributed by atoms with E-state index < -0.39 is 8.07 Å². The highest BCUT2D eigenvalue weighted by Gasteiger charge is 2.30. The average molecular weight is 162 g/mol. The monoisotopic (exact) mass is 162 g/mol. The quantitative estimate of drug-likeness (QED) is 0.513. The molecule has 0 aromatic heterocycles. The van der Waals surface area contributed by atoms with Crippen LogP contribution in [0.2, 0.25) is 19.1 Å². The molecule has 0 saturated carbocycles. The molecular weight excluding hydrogens is 148 g/mol. The van der Waals surface area contributed by atoms with Crippen molar-refractivity contribution in [2.24, 2.45) is 0 Å². The zero-order valence-corrected chi connectivity index (χ0v) is 8.22. The lowest BCUT2D eigenvalue weighted by Gasteiger charge is -2.15. The van der Waals surface area contributed by atoms with Crippen molar-refractivity contribution in [2.75, 3.05) is 0 Å². The van der Waals surface area contributed by atoms with E-state index >= 15 is 0 Å². The Morgan fingerprint density at radius 2 is 1.91 bits per heavy atom. The van der Waals surface area contributed by atoms with E-state index in [-0.39, 0.29) is 0 Å². The summed E-state index contributed by atoms with van der Waals surface area (Å²) in [4.78, 5) is 0. The molecule has 0 fully saturated rings.